The predicted molar refractivity (Wildman–Crippen MR) is 133 cm³/mol. The van der Waals surface area contributed by atoms with Crippen LogP contribution < -0.4 is 15.0 Å². The highest BCUT2D eigenvalue weighted by Gasteiger charge is 2.36. The molecule has 1 N–H and O–H groups in total. The largest absolute Gasteiger partial charge is 0.494 e. The van der Waals surface area contributed by atoms with Crippen molar-refractivity contribution < 1.29 is 27.4 Å². The highest BCUT2D eigenvalue weighted by Crippen LogP contribution is 2.33. The molecule has 5 rings (SSSR count). The van der Waals surface area contributed by atoms with E-state index in [0.29, 0.717) is 35.6 Å². The molecule has 9 nitrogen and oxygen atoms in total. The third-order valence-corrected chi connectivity index (χ3v) is 6.30. The highest BCUT2D eigenvalue weighted by molar-refractivity contribution is 6.10. The molecule has 0 aliphatic carbocycles. The zero-order chi connectivity index (χ0) is 27.0. The summed E-state index contributed by atoms with van der Waals surface area (Å²) in [4.78, 5) is 26.9. The molecule has 1 aliphatic rings. The Hall–Kier alpha value is -4.35. The Labute approximate surface area is 214 Å². The van der Waals surface area contributed by atoms with E-state index in [1.54, 1.807) is 24.3 Å². The van der Waals surface area contributed by atoms with E-state index in [9.17, 15) is 22.8 Å². The number of nitrogens with zero attached hydrogens (tertiary/aromatic N) is 4. The molecule has 0 fully saturated rings. The molecule has 1 aromatic carbocycles. The fourth-order valence-corrected chi connectivity index (χ4v) is 4.43. The summed E-state index contributed by atoms with van der Waals surface area (Å²) in [6.07, 6.45) is -3.98. The first kappa shape index (κ1) is 25.3. The normalized spacial score (nSPS) is 16.2. The Morgan fingerprint density at radius 2 is 1.92 bits per heavy atom. The average Bonchev–Trinajstić information content (AvgIpc) is 3.34. The predicted octanol–water partition coefficient (Wildman–Crippen LogP) is 4.24. The number of rotatable bonds is 7. The zero-order valence-electron chi connectivity index (χ0n) is 20.6. The van der Waals surface area contributed by atoms with Crippen LogP contribution in [0.1, 0.15) is 31.0 Å². The van der Waals surface area contributed by atoms with Crippen LogP contribution in [0, 0.1) is 5.92 Å². The third kappa shape index (κ3) is 4.93. The first-order valence-electron chi connectivity index (χ1n) is 11.9. The van der Waals surface area contributed by atoms with Gasteiger partial charge in [-0.05, 0) is 36.4 Å². The number of aromatic nitrogens is 3. The van der Waals surface area contributed by atoms with E-state index in [4.69, 9.17) is 9.47 Å². The van der Waals surface area contributed by atoms with Crippen molar-refractivity contribution in [3.8, 4) is 11.6 Å². The minimum absolute atomic E-state index is 0.147. The monoisotopic (exact) mass is 527 g/mol. The fourth-order valence-electron chi connectivity index (χ4n) is 4.43. The Balaban J connectivity index is 1.34. The maximum atomic E-state index is 13.4. The molecule has 12 heteroatoms. The number of ether oxygens (including phenoxy) is 2. The average molecular weight is 528 g/mol. The first-order chi connectivity index (χ1) is 18.1. The number of methoxy groups -OCH3 is 1. The standard InChI is InChI=1S/C26H24F3N5O4/c1-15-12-23(36)33(10-3-11-38-17-5-7-19-16(13-17)4-8-22(35)30-19)32-25(15)18-6-9-24(37-2)34-20(18)14-21(31-34)26(27,28)29/h4-9,13-15H,3,10-12H2,1-2H3,(H,30,35). The van der Waals surface area contributed by atoms with Crippen LogP contribution in [-0.4, -0.2) is 51.5 Å². The number of aromatic amines is 1. The Bertz CT molecular complexity index is 1610. The quantitative estimate of drug-likeness (QED) is 0.362. The number of hydrogen-bond donors (Lipinski definition) is 1. The van der Waals surface area contributed by atoms with Gasteiger partial charge in [0.2, 0.25) is 17.3 Å². The Kier molecular flexibility index (Phi) is 6.55. The molecule has 4 aromatic rings. The number of nitrogens with one attached hydrogen (secondary N) is 1. The fraction of sp³-hybridized carbons (Fsp3) is 0.308. The van der Waals surface area contributed by atoms with Crippen LogP contribution >= 0.6 is 0 Å². The van der Waals surface area contributed by atoms with Crippen molar-refractivity contribution in [2.45, 2.75) is 25.9 Å². The second kappa shape index (κ2) is 9.84. The van der Waals surface area contributed by atoms with Gasteiger partial charge in [0.05, 0.1) is 24.9 Å². The number of alkyl halides is 3. The molecule has 1 unspecified atom stereocenters. The van der Waals surface area contributed by atoms with Gasteiger partial charge in [-0.2, -0.15) is 27.9 Å². The van der Waals surface area contributed by atoms with Crippen molar-refractivity contribution in [3.05, 3.63) is 70.1 Å². The molecule has 3 aromatic heterocycles. The number of carbonyl (C=O) groups excluding carboxylic acids is 1. The van der Waals surface area contributed by atoms with E-state index in [2.05, 4.69) is 15.2 Å². The summed E-state index contributed by atoms with van der Waals surface area (Å²) in [5, 5.41) is 10.4. The van der Waals surface area contributed by atoms with Gasteiger partial charge in [-0.25, -0.2) is 5.01 Å². The van der Waals surface area contributed by atoms with Gasteiger partial charge in [0.25, 0.3) is 0 Å². The van der Waals surface area contributed by atoms with E-state index in [0.717, 1.165) is 16.0 Å². The second-order valence-electron chi connectivity index (χ2n) is 8.99. The van der Waals surface area contributed by atoms with Gasteiger partial charge in [0, 0.05) is 53.9 Å². The number of amides is 1. The van der Waals surface area contributed by atoms with E-state index in [-0.39, 0.29) is 41.7 Å². The van der Waals surface area contributed by atoms with Crippen LogP contribution in [0.25, 0.3) is 16.4 Å². The van der Waals surface area contributed by atoms with Crippen LogP contribution in [0.3, 0.4) is 0 Å². The SMILES string of the molecule is COc1ccc(C2=NN(CCCOc3ccc4[nH]c(=O)ccc4c3)C(=O)CC2C)c2cc(C(F)(F)F)nn12. The van der Waals surface area contributed by atoms with Crippen molar-refractivity contribution in [1.29, 1.82) is 0 Å². The second-order valence-corrected chi connectivity index (χ2v) is 8.99. The Morgan fingerprint density at radius 3 is 2.68 bits per heavy atom. The van der Waals surface area contributed by atoms with E-state index in [1.165, 1.54) is 24.3 Å². The summed E-state index contributed by atoms with van der Waals surface area (Å²) in [5.41, 5.74) is 0.610. The van der Waals surface area contributed by atoms with Crippen molar-refractivity contribution >= 4 is 28.0 Å². The van der Waals surface area contributed by atoms with Crippen LogP contribution in [-0.2, 0) is 11.0 Å². The van der Waals surface area contributed by atoms with E-state index >= 15 is 0 Å². The van der Waals surface area contributed by atoms with Crippen molar-refractivity contribution in [2.24, 2.45) is 11.0 Å². The van der Waals surface area contributed by atoms with Crippen LogP contribution in [0.4, 0.5) is 13.2 Å². The molecule has 38 heavy (non-hydrogen) atoms. The van der Waals surface area contributed by atoms with Gasteiger partial charge in [-0.15, -0.1) is 0 Å². The lowest BCUT2D eigenvalue weighted by molar-refractivity contribution is -0.141. The van der Waals surface area contributed by atoms with Gasteiger partial charge < -0.3 is 14.5 Å². The number of fused-ring (bicyclic) bond motifs is 2. The molecular formula is C26H24F3N5O4. The summed E-state index contributed by atoms with van der Waals surface area (Å²) in [6.45, 7) is 2.39. The minimum atomic E-state index is -4.63. The summed E-state index contributed by atoms with van der Waals surface area (Å²) in [7, 11) is 1.35. The van der Waals surface area contributed by atoms with Crippen molar-refractivity contribution in [2.75, 3.05) is 20.3 Å². The highest BCUT2D eigenvalue weighted by atomic mass is 19.4. The molecule has 0 radical (unpaired) electrons. The third-order valence-electron chi connectivity index (χ3n) is 6.30. The molecule has 1 aliphatic heterocycles. The molecule has 0 saturated carbocycles. The zero-order valence-corrected chi connectivity index (χ0v) is 20.6. The van der Waals surface area contributed by atoms with Gasteiger partial charge >= 0.3 is 6.18 Å². The van der Waals surface area contributed by atoms with E-state index < -0.39 is 11.9 Å². The van der Waals surface area contributed by atoms with Gasteiger partial charge in [-0.3, -0.25) is 9.59 Å². The maximum absolute atomic E-state index is 13.4. The number of benzene rings is 1. The van der Waals surface area contributed by atoms with Gasteiger partial charge in [0.15, 0.2) is 5.69 Å². The summed E-state index contributed by atoms with van der Waals surface area (Å²) < 4.78 is 52.3. The lowest BCUT2D eigenvalue weighted by Crippen LogP contribution is -2.37. The molecule has 198 valence electrons. The summed E-state index contributed by atoms with van der Waals surface area (Å²) in [5.74, 6) is 0.285. The number of hydrogen-bond acceptors (Lipinski definition) is 6. The summed E-state index contributed by atoms with van der Waals surface area (Å²) in [6, 6.07) is 12.6. The lowest BCUT2D eigenvalue weighted by Gasteiger charge is -2.28. The Morgan fingerprint density at radius 1 is 1.11 bits per heavy atom. The molecule has 0 bridgehead atoms. The number of pyridine rings is 2. The molecule has 0 spiro atoms. The topological polar surface area (TPSA) is 101 Å². The first-order valence-corrected chi connectivity index (χ1v) is 11.9. The van der Waals surface area contributed by atoms with E-state index in [1.807, 2.05) is 13.0 Å². The molecule has 1 atom stereocenters. The van der Waals surface area contributed by atoms with Crippen LogP contribution in [0.2, 0.25) is 0 Å². The maximum Gasteiger partial charge on any atom is 0.435 e. The van der Waals surface area contributed by atoms with Crippen molar-refractivity contribution in [1.82, 2.24) is 19.6 Å². The number of hydrazone groups is 1. The smallest absolute Gasteiger partial charge is 0.435 e. The summed E-state index contributed by atoms with van der Waals surface area (Å²) >= 11 is 0. The van der Waals surface area contributed by atoms with Gasteiger partial charge in [-0.1, -0.05) is 6.92 Å². The van der Waals surface area contributed by atoms with Crippen LogP contribution in [0.15, 0.2) is 58.4 Å². The molecule has 1 amide bonds. The van der Waals surface area contributed by atoms with Crippen LogP contribution in [0.5, 0.6) is 11.6 Å². The minimum Gasteiger partial charge on any atom is -0.494 e. The number of H-pyrrole nitrogens is 1. The molecule has 4 heterocycles. The number of carbonyl (C=O) groups is 1. The number of halogens is 3. The van der Waals surface area contributed by atoms with Gasteiger partial charge in [0.1, 0.15) is 5.75 Å². The molecular weight excluding hydrogens is 503 g/mol. The molecule has 0 saturated heterocycles. The lowest BCUT2D eigenvalue weighted by atomic mass is 9.93. The van der Waals surface area contributed by atoms with Crippen molar-refractivity contribution in [3.63, 3.8) is 0 Å².